The topological polar surface area (TPSA) is 46.3 Å². The van der Waals surface area contributed by atoms with Crippen molar-refractivity contribution in [3.8, 4) is 11.3 Å². The summed E-state index contributed by atoms with van der Waals surface area (Å²) in [6.45, 7) is 10.3. The predicted octanol–water partition coefficient (Wildman–Crippen LogP) is 4.47. The Hall–Kier alpha value is -2.10. The van der Waals surface area contributed by atoms with Crippen LogP contribution in [0.5, 0.6) is 0 Å². The number of likely N-dealkylation sites (tertiary alicyclic amines) is 1. The van der Waals surface area contributed by atoms with Gasteiger partial charge in [0, 0.05) is 18.7 Å². The maximum atomic E-state index is 13.0. The van der Waals surface area contributed by atoms with Gasteiger partial charge in [-0.25, -0.2) is 0 Å². The lowest BCUT2D eigenvalue weighted by Gasteiger charge is -2.34. The first-order chi connectivity index (χ1) is 11.5. The maximum absolute atomic E-state index is 13.0. The Balaban J connectivity index is 1.86. The first-order valence-corrected chi connectivity index (χ1v) is 8.79. The van der Waals surface area contributed by atoms with Crippen molar-refractivity contribution in [2.24, 2.45) is 11.8 Å². The van der Waals surface area contributed by atoms with E-state index in [1.54, 1.807) is 6.20 Å². The molecule has 0 unspecified atom stereocenters. The number of rotatable bonds is 3. The molecule has 0 aliphatic carbocycles. The van der Waals surface area contributed by atoms with Gasteiger partial charge in [-0.15, -0.1) is 0 Å². The lowest BCUT2D eigenvalue weighted by Crippen LogP contribution is -2.41. The molecule has 0 saturated carbocycles. The van der Waals surface area contributed by atoms with Crippen molar-refractivity contribution in [1.29, 1.82) is 0 Å². The number of hydrogen-bond acceptors (Lipinski definition) is 3. The fourth-order valence-electron chi connectivity index (χ4n) is 3.39. The first-order valence-electron chi connectivity index (χ1n) is 8.79. The van der Waals surface area contributed by atoms with Gasteiger partial charge in [-0.2, -0.15) is 0 Å². The number of carbonyl (C=O) groups is 1. The molecule has 2 heterocycles. The molecule has 1 aliphatic heterocycles. The highest BCUT2D eigenvalue weighted by molar-refractivity contribution is 5.99. The standard InChI is InChI=1S/C20H26N2O2/c1-13(2)17-6-5-9-22(12-17)20(23)18-11-21-24-19(18)16-8-7-14(3)15(4)10-16/h7-8,10-11,13,17H,5-6,9,12H2,1-4H3/t17-/m0/s1. The van der Waals surface area contributed by atoms with Crippen molar-refractivity contribution in [3.63, 3.8) is 0 Å². The fourth-order valence-corrected chi connectivity index (χ4v) is 3.39. The van der Waals surface area contributed by atoms with Crippen molar-refractivity contribution in [2.75, 3.05) is 13.1 Å². The van der Waals surface area contributed by atoms with E-state index in [9.17, 15) is 4.79 Å². The molecule has 128 valence electrons. The van der Waals surface area contributed by atoms with Gasteiger partial charge in [0.05, 0.1) is 6.20 Å². The fraction of sp³-hybridized carbons (Fsp3) is 0.500. The van der Waals surface area contributed by atoms with Crippen LogP contribution in [0.25, 0.3) is 11.3 Å². The third-order valence-electron chi connectivity index (χ3n) is 5.26. The maximum Gasteiger partial charge on any atom is 0.259 e. The van der Waals surface area contributed by atoms with E-state index in [4.69, 9.17) is 4.52 Å². The van der Waals surface area contributed by atoms with Gasteiger partial charge < -0.3 is 9.42 Å². The zero-order chi connectivity index (χ0) is 17.3. The summed E-state index contributed by atoms with van der Waals surface area (Å²) in [4.78, 5) is 15.0. The Morgan fingerprint density at radius 3 is 2.79 bits per heavy atom. The molecule has 1 atom stereocenters. The molecule has 24 heavy (non-hydrogen) atoms. The SMILES string of the molecule is Cc1ccc(-c2oncc2C(=O)N2CCC[C@H](C(C)C)C2)cc1C. The van der Waals surface area contributed by atoms with E-state index in [1.165, 1.54) is 17.5 Å². The van der Waals surface area contributed by atoms with Crippen LogP contribution in [0.2, 0.25) is 0 Å². The van der Waals surface area contributed by atoms with E-state index in [0.717, 1.165) is 25.1 Å². The van der Waals surface area contributed by atoms with Crippen LogP contribution in [0.1, 0.15) is 48.2 Å². The second-order valence-electron chi connectivity index (χ2n) is 7.27. The van der Waals surface area contributed by atoms with Gasteiger partial charge in [0.1, 0.15) is 5.56 Å². The molecule has 1 saturated heterocycles. The van der Waals surface area contributed by atoms with Crippen molar-refractivity contribution < 1.29 is 9.32 Å². The zero-order valence-electron chi connectivity index (χ0n) is 15.0. The van der Waals surface area contributed by atoms with Gasteiger partial charge in [0.15, 0.2) is 5.76 Å². The molecule has 0 radical (unpaired) electrons. The lowest BCUT2D eigenvalue weighted by molar-refractivity contribution is 0.0642. The smallest absolute Gasteiger partial charge is 0.259 e. The van der Waals surface area contributed by atoms with E-state index in [1.807, 2.05) is 11.0 Å². The number of hydrogen-bond donors (Lipinski definition) is 0. The number of carbonyl (C=O) groups excluding carboxylic acids is 1. The first kappa shape index (κ1) is 16.7. The average Bonchev–Trinajstić information content (AvgIpc) is 3.06. The Labute approximate surface area is 143 Å². The predicted molar refractivity (Wildman–Crippen MR) is 94.9 cm³/mol. The van der Waals surface area contributed by atoms with Crippen LogP contribution in [0, 0.1) is 25.7 Å². The van der Waals surface area contributed by atoms with Crippen LogP contribution < -0.4 is 0 Å². The van der Waals surface area contributed by atoms with Crippen molar-refractivity contribution in [2.45, 2.75) is 40.5 Å². The molecule has 1 aliphatic rings. The van der Waals surface area contributed by atoms with E-state index in [-0.39, 0.29) is 5.91 Å². The van der Waals surface area contributed by atoms with E-state index in [2.05, 4.69) is 45.0 Å². The summed E-state index contributed by atoms with van der Waals surface area (Å²) in [5.74, 6) is 1.79. The molecule has 2 aromatic rings. The third kappa shape index (κ3) is 3.23. The molecule has 1 amide bonds. The number of amides is 1. The quantitative estimate of drug-likeness (QED) is 0.836. The molecule has 4 nitrogen and oxygen atoms in total. The largest absolute Gasteiger partial charge is 0.355 e. The Morgan fingerprint density at radius 1 is 1.29 bits per heavy atom. The molecular weight excluding hydrogens is 300 g/mol. The summed E-state index contributed by atoms with van der Waals surface area (Å²) < 4.78 is 5.43. The van der Waals surface area contributed by atoms with E-state index >= 15 is 0 Å². The highest BCUT2D eigenvalue weighted by Crippen LogP contribution is 2.29. The minimum absolute atomic E-state index is 0.0369. The molecule has 3 rings (SSSR count). The summed E-state index contributed by atoms with van der Waals surface area (Å²) in [5.41, 5.74) is 3.89. The molecule has 1 aromatic carbocycles. The second-order valence-corrected chi connectivity index (χ2v) is 7.27. The summed E-state index contributed by atoms with van der Waals surface area (Å²) in [6, 6.07) is 6.10. The molecule has 0 bridgehead atoms. The zero-order valence-corrected chi connectivity index (χ0v) is 15.0. The molecule has 1 aromatic heterocycles. The second kappa shape index (κ2) is 6.80. The van der Waals surface area contributed by atoms with Crippen LogP contribution in [0.15, 0.2) is 28.9 Å². The van der Waals surface area contributed by atoms with Crippen LogP contribution in [0.3, 0.4) is 0 Å². The lowest BCUT2D eigenvalue weighted by atomic mass is 9.87. The third-order valence-corrected chi connectivity index (χ3v) is 5.26. The summed E-state index contributed by atoms with van der Waals surface area (Å²) in [7, 11) is 0. The average molecular weight is 326 g/mol. The van der Waals surface area contributed by atoms with E-state index in [0.29, 0.717) is 23.2 Å². The summed E-state index contributed by atoms with van der Waals surface area (Å²) >= 11 is 0. The monoisotopic (exact) mass is 326 g/mol. The molecular formula is C20H26N2O2. The number of piperidine rings is 1. The summed E-state index contributed by atoms with van der Waals surface area (Å²) in [6.07, 6.45) is 3.83. The van der Waals surface area contributed by atoms with Crippen LogP contribution in [-0.4, -0.2) is 29.1 Å². The van der Waals surface area contributed by atoms with Gasteiger partial charge in [-0.3, -0.25) is 4.79 Å². The Morgan fingerprint density at radius 2 is 2.08 bits per heavy atom. The minimum Gasteiger partial charge on any atom is -0.355 e. The van der Waals surface area contributed by atoms with Gasteiger partial charge in [0.2, 0.25) is 0 Å². The molecule has 4 heteroatoms. The van der Waals surface area contributed by atoms with Crippen LogP contribution >= 0.6 is 0 Å². The molecule has 1 fully saturated rings. The van der Waals surface area contributed by atoms with Gasteiger partial charge in [0.25, 0.3) is 5.91 Å². The highest BCUT2D eigenvalue weighted by atomic mass is 16.5. The van der Waals surface area contributed by atoms with E-state index < -0.39 is 0 Å². The highest BCUT2D eigenvalue weighted by Gasteiger charge is 2.29. The van der Waals surface area contributed by atoms with Gasteiger partial charge in [-0.1, -0.05) is 31.1 Å². The van der Waals surface area contributed by atoms with Crippen molar-refractivity contribution in [1.82, 2.24) is 10.1 Å². The van der Waals surface area contributed by atoms with Crippen LogP contribution in [0.4, 0.5) is 0 Å². The number of nitrogens with zero attached hydrogens (tertiary/aromatic N) is 2. The van der Waals surface area contributed by atoms with Crippen LogP contribution in [-0.2, 0) is 0 Å². The molecule has 0 spiro atoms. The number of benzene rings is 1. The van der Waals surface area contributed by atoms with Crippen molar-refractivity contribution in [3.05, 3.63) is 41.1 Å². The minimum atomic E-state index is 0.0369. The van der Waals surface area contributed by atoms with Gasteiger partial charge in [-0.05, 0) is 55.7 Å². The Kier molecular flexibility index (Phi) is 4.74. The van der Waals surface area contributed by atoms with Crippen molar-refractivity contribution >= 4 is 5.91 Å². The molecule has 0 N–H and O–H groups in total. The normalized spacial score (nSPS) is 18.2. The van der Waals surface area contributed by atoms with Gasteiger partial charge >= 0.3 is 0 Å². The summed E-state index contributed by atoms with van der Waals surface area (Å²) in [5, 5.41) is 3.90. The number of aryl methyl sites for hydroxylation is 2. The number of aromatic nitrogens is 1. The Bertz CT molecular complexity index is 733.